The number of rotatable bonds is 6. The fourth-order valence-corrected chi connectivity index (χ4v) is 4.13. The first-order chi connectivity index (χ1) is 15.3. The van der Waals surface area contributed by atoms with Gasteiger partial charge in [-0.2, -0.15) is 8.78 Å². The summed E-state index contributed by atoms with van der Waals surface area (Å²) in [6.45, 7) is 0.427. The van der Waals surface area contributed by atoms with Crippen LogP contribution >= 0.6 is 11.3 Å². The molecule has 0 unspecified atom stereocenters. The summed E-state index contributed by atoms with van der Waals surface area (Å²) in [7, 11) is 0. The predicted octanol–water partition coefficient (Wildman–Crippen LogP) is 4.38. The number of thiazole rings is 1. The third-order valence-corrected chi connectivity index (χ3v) is 5.64. The van der Waals surface area contributed by atoms with E-state index in [9.17, 15) is 18.4 Å². The van der Waals surface area contributed by atoms with Gasteiger partial charge in [-0.1, -0.05) is 12.1 Å². The molecule has 0 atom stereocenters. The summed E-state index contributed by atoms with van der Waals surface area (Å²) in [5.41, 5.74) is 1.61. The first kappa shape index (κ1) is 21.6. The molecule has 2 heterocycles. The summed E-state index contributed by atoms with van der Waals surface area (Å²) < 4.78 is 30.3. The SMILES string of the molecule is Cc1sc(NC(=O)Cn2c(C)nc3ccccc3c2=O)nc1-c1ccc(OC(F)F)cc1. The zero-order valence-electron chi connectivity index (χ0n) is 17.1. The van der Waals surface area contributed by atoms with Crippen molar-refractivity contribution in [3.8, 4) is 17.0 Å². The van der Waals surface area contributed by atoms with E-state index in [1.807, 2.05) is 6.92 Å². The largest absolute Gasteiger partial charge is 0.435 e. The number of hydrogen-bond acceptors (Lipinski definition) is 6. The molecule has 0 aliphatic carbocycles. The molecule has 164 valence electrons. The van der Waals surface area contributed by atoms with Crippen molar-refractivity contribution in [2.45, 2.75) is 27.0 Å². The molecule has 0 fully saturated rings. The molecule has 32 heavy (non-hydrogen) atoms. The van der Waals surface area contributed by atoms with Gasteiger partial charge in [0.05, 0.1) is 16.6 Å². The lowest BCUT2D eigenvalue weighted by Gasteiger charge is -2.10. The van der Waals surface area contributed by atoms with Crippen molar-refractivity contribution in [2.75, 3.05) is 5.32 Å². The Kier molecular flexibility index (Phi) is 5.95. The number of aromatic nitrogens is 3. The maximum atomic E-state index is 12.7. The Morgan fingerprint density at radius 2 is 1.84 bits per heavy atom. The number of carbonyl (C=O) groups is 1. The molecule has 0 spiro atoms. The highest BCUT2D eigenvalue weighted by molar-refractivity contribution is 7.16. The minimum atomic E-state index is -2.89. The Morgan fingerprint density at radius 3 is 2.56 bits per heavy atom. The quantitative estimate of drug-likeness (QED) is 0.466. The molecule has 2 aromatic carbocycles. The van der Waals surface area contributed by atoms with Crippen LogP contribution in [0.3, 0.4) is 0 Å². The highest BCUT2D eigenvalue weighted by Crippen LogP contribution is 2.31. The predicted molar refractivity (Wildman–Crippen MR) is 118 cm³/mol. The van der Waals surface area contributed by atoms with Crippen molar-refractivity contribution >= 4 is 33.3 Å². The van der Waals surface area contributed by atoms with Crippen molar-refractivity contribution in [2.24, 2.45) is 0 Å². The lowest BCUT2D eigenvalue weighted by atomic mass is 10.1. The molecule has 0 radical (unpaired) electrons. The third kappa shape index (κ3) is 4.50. The average Bonchev–Trinajstić information content (AvgIpc) is 3.11. The zero-order chi connectivity index (χ0) is 22.8. The normalized spacial score (nSPS) is 11.2. The van der Waals surface area contributed by atoms with Gasteiger partial charge in [0.2, 0.25) is 5.91 Å². The Hall–Kier alpha value is -3.66. The van der Waals surface area contributed by atoms with E-state index in [0.717, 1.165) is 4.88 Å². The highest BCUT2D eigenvalue weighted by atomic mass is 32.1. The molecule has 4 rings (SSSR count). The van der Waals surface area contributed by atoms with Crippen LogP contribution in [0, 0.1) is 13.8 Å². The lowest BCUT2D eigenvalue weighted by Crippen LogP contribution is -2.30. The van der Waals surface area contributed by atoms with E-state index >= 15 is 0 Å². The molecular formula is C22H18F2N4O3S. The summed E-state index contributed by atoms with van der Waals surface area (Å²) in [6.07, 6.45) is 0. The number of para-hydroxylation sites is 1. The zero-order valence-corrected chi connectivity index (χ0v) is 18.0. The van der Waals surface area contributed by atoms with Crippen LogP contribution in [0.1, 0.15) is 10.7 Å². The molecule has 4 aromatic rings. The number of benzene rings is 2. The van der Waals surface area contributed by atoms with Crippen molar-refractivity contribution in [1.82, 2.24) is 14.5 Å². The van der Waals surface area contributed by atoms with E-state index in [-0.39, 0.29) is 17.9 Å². The van der Waals surface area contributed by atoms with E-state index in [4.69, 9.17) is 0 Å². The van der Waals surface area contributed by atoms with Crippen LogP contribution in [0.2, 0.25) is 0 Å². The average molecular weight is 456 g/mol. The number of carbonyl (C=O) groups excluding carboxylic acids is 1. The smallest absolute Gasteiger partial charge is 0.387 e. The molecule has 2 aromatic heterocycles. The van der Waals surface area contributed by atoms with Gasteiger partial charge in [-0.25, -0.2) is 9.97 Å². The van der Waals surface area contributed by atoms with Crippen LogP contribution in [0.15, 0.2) is 53.3 Å². The van der Waals surface area contributed by atoms with Gasteiger partial charge < -0.3 is 10.1 Å². The van der Waals surface area contributed by atoms with Crippen LogP contribution in [-0.4, -0.2) is 27.1 Å². The Bertz CT molecular complexity index is 1350. The molecule has 7 nitrogen and oxygen atoms in total. The number of amides is 1. The molecule has 0 aliphatic heterocycles. The van der Waals surface area contributed by atoms with Crippen LogP contribution < -0.4 is 15.6 Å². The Labute approximate surface area is 185 Å². The summed E-state index contributed by atoms with van der Waals surface area (Å²) in [4.78, 5) is 35.0. The molecule has 0 saturated carbocycles. The third-order valence-electron chi connectivity index (χ3n) is 4.75. The van der Waals surface area contributed by atoms with Gasteiger partial charge in [0.15, 0.2) is 5.13 Å². The molecule has 10 heteroatoms. The lowest BCUT2D eigenvalue weighted by molar-refractivity contribution is -0.116. The van der Waals surface area contributed by atoms with Crippen LogP contribution in [-0.2, 0) is 11.3 Å². The number of hydrogen-bond donors (Lipinski definition) is 1. The number of aryl methyl sites for hydroxylation is 2. The van der Waals surface area contributed by atoms with Gasteiger partial charge in [0.25, 0.3) is 5.56 Å². The fraction of sp³-hybridized carbons (Fsp3) is 0.182. The van der Waals surface area contributed by atoms with E-state index in [0.29, 0.717) is 33.1 Å². The molecule has 1 amide bonds. The number of alkyl halides is 2. The molecular weight excluding hydrogens is 438 g/mol. The van der Waals surface area contributed by atoms with Crippen molar-refractivity contribution < 1.29 is 18.3 Å². The maximum absolute atomic E-state index is 12.7. The van der Waals surface area contributed by atoms with Crippen molar-refractivity contribution in [1.29, 1.82) is 0 Å². The van der Waals surface area contributed by atoms with E-state index in [1.54, 1.807) is 43.3 Å². The standard InChI is InChI=1S/C22H18F2N4O3S/c1-12-19(14-7-9-15(10-8-14)31-21(23)24)27-22(32-12)26-18(29)11-28-13(2)25-17-6-4-3-5-16(17)20(28)30/h3-10,21H,11H2,1-2H3,(H,26,27,29). The Morgan fingerprint density at radius 1 is 1.12 bits per heavy atom. The van der Waals surface area contributed by atoms with Crippen LogP contribution in [0.5, 0.6) is 5.75 Å². The van der Waals surface area contributed by atoms with Crippen molar-refractivity contribution in [3.05, 3.63) is 69.6 Å². The van der Waals surface area contributed by atoms with Gasteiger partial charge in [-0.05, 0) is 50.2 Å². The summed E-state index contributed by atoms with van der Waals surface area (Å²) in [6, 6.07) is 13.1. The molecule has 0 saturated heterocycles. The number of ether oxygens (including phenoxy) is 1. The highest BCUT2D eigenvalue weighted by Gasteiger charge is 2.15. The second-order valence-corrected chi connectivity index (χ2v) is 8.15. The van der Waals surface area contributed by atoms with Gasteiger partial charge in [-0.15, -0.1) is 11.3 Å². The summed E-state index contributed by atoms with van der Waals surface area (Å²) in [5, 5.41) is 3.53. The number of nitrogens with one attached hydrogen (secondary N) is 1. The van der Waals surface area contributed by atoms with Crippen LogP contribution in [0.4, 0.5) is 13.9 Å². The van der Waals surface area contributed by atoms with E-state index in [2.05, 4.69) is 20.0 Å². The number of nitrogens with zero attached hydrogens (tertiary/aromatic N) is 3. The van der Waals surface area contributed by atoms with Gasteiger partial charge in [0, 0.05) is 10.4 Å². The summed E-state index contributed by atoms with van der Waals surface area (Å²) >= 11 is 1.28. The minimum Gasteiger partial charge on any atom is -0.435 e. The van der Waals surface area contributed by atoms with E-state index in [1.165, 1.54) is 28.0 Å². The second kappa shape index (κ2) is 8.83. The van der Waals surface area contributed by atoms with Gasteiger partial charge in [0.1, 0.15) is 18.1 Å². The summed E-state index contributed by atoms with van der Waals surface area (Å²) in [5.74, 6) is 0.0780. The topological polar surface area (TPSA) is 86.1 Å². The van der Waals surface area contributed by atoms with Crippen molar-refractivity contribution in [3.63, 3.8) is 0 Å². The first-order valence-electron chi connectivity index (χ1n) is 9.60. The maximum Gasteiger partial charge on any atom is 0.387 e. The van der Waals surface area contributed by atoms with Crippen LogP contribution in [0.25, 0.3) is 22.2 Å². The number of anilines is 1. The Balaban J connectivity index is 1.52. The number of fused-ring (bicyclic) bond motifs is 1. The van der Waals surface area contributed by atoms with E-state index < -0.39 is 12.5 Å². The molecule has 1 N–H and O–H groups in total. The fourth-order valence-electron chi connectivity index (χ4n) is 3.28. The molecule has 0 aliphatic rings. The first-order valence-corrected chi connectivity index (χ1v) is 10.4. The molecule has 0 bridgehead atoms. The van der Waals surface area contributed by atoms with Gasteiger partial charge >= 0.3 is 6.61 Å². The van der Waals surface area contributed by atoms with Gasteiger partial charge in [-0.3, -0.25) is 14.2 Å². The number of halogens is 2. The minimum absolute atomic E-state index is 0.0509. The monoisotopic (exact) mass is 456 g/mol. The second-order valence-electron chi connectivity index (χ2n) is 6.94.